The van der Waals surface area contributed by atoms with Crippen LogP contribution in [0.15, 0.2) is 22.8 Å². The fourth-order valence-electron chi connectivity index (χ4n) is 3.31. The monoisotopic (exact) mass is 353 g/mol. The molecular formula is C17H28BrN3. The molecule has 1 aromatic rings. The van der Waals surface area contributed by atoms with Crippen LogP contribution in [0, 0.1) is 0 Å². The number of pyridine rings is 1. The van der Waals surface area contributed by atoms with Gasteiger partial charge >= 0.3 is 0 Å². The molecule has 0 amide bonds. The van der Waals surface area contributed by atoms with Gasteiger partial charge in [-0.2, -0.15) is 0 Å². The smallest absolute Gasteiger partial charge is 0.0420 e. The van der Waals surface area contributed by atoms with Crippen molar-refractivity contribution in [2.75, 3.05) is 20.1 Å². The van der Waals surface area contributed by atoms with Crippen LogP contribution >= 0.6 is 15.9 Å². The minimum Gasteiger partial charge on any atom is -0.315 e. The number of rotatable bonds is 5. The number of likely N-dealkylation sites (tertiary alicyclic amines) is 1. The summed E-state index contributed by atoms with van der Waals surface area (Å²) in [4.78, 5) is 7.20. The van der Waals surface area contributed by atoms with Crippen LogP contribution in [0.4, 0.5) is 0 Å². The van der Waals surface area contributed by atoms with Crippen molar-refractivity contribution in [3.8, 4) is 0 Å². The van der Waals surface area contributed by atoms with Gasteiger partial charge in [0, 0.05) is 34.4 Å². The van der Waals surface area contributed by atoms with Crippen LogP contribution in [0.5, 0.6) is 0 Å². The van der Waals surface area contributed by atoms with Crippen LogP contribution in [-0.2, 0) is 6.42 Å². The van der Waals surface area contributed by atoms with E-state index in [9.17, 15) is 0 Å². The van der Waals surface area contributed by atoms with Gasteiger partial charge in [0.05, 0.1) is 0 Å². The molecule has 0 spiro atoms. The molecule has 1 aromatic heterocycles. The highest BCUT2D eigenvalue weighted by Gasteiger charge is 2.34. The SMILES string of the molecule is CNC(Cc1ccc(Br)cn1)C(C)(C)N1CCCCCC1. The molecule has 1 unspecified atom stereocenters. The first kappa shape index (κ1) is 16.9. The Morgan fingerprint density at radius 1 is 1.24 bits per heavy atom. The topological polar surface area (TPSA) is 28.2 Å². The highest BCUT2D eigenvalue weighted by molar-refractivity contribution is 9.10. The molecule has 21 heavy (non-hydrogen) atoms. The molecule has 3 nitrogen and oxygen atoms in total. The summed E-state index contributed by atoms with van der Waals surface area (Å²) in [7, 11) is 2.07. The predicted molar refractivity (Wildman–Crippen MR) is 92.6 cm³/mol. The van der Waals surface area contributed by atoms with Crippen LogP contribution < -0.4 is 5.32 Å². The maximum atomic E-state index is 4.54. The standard InChI is InChI=1S/C17H28BrN3/c1-17(2,21-10-6-4-5-7-11-21)16(19-3)12-15-9-8-14(18)13-20-15/h8-9,13,16,19H,4-7,10-12H2,1-3H3. The number of nitrogens with one attached hydrogen (secondary N) is 1. The van der Waals surface area contributed by atoms with Gasteiger partial charge in [-0.15, -0.1) is 0 Å². The Morgan fingerprint density at radius 3 is 2.43 bits per heavy atom. The van der Waals surface area contributed by atoms with Gasteiger partial charge in [-0.3, -0.25) is 9.88 Å². The van der Waals surface area contributed by atoms with Crippen molar-refractivity contribution in [2.24, 2.45) is 0 Å². The van der Waals surface area contributed by atoms with E-state index < -0.39 is 0 Å². The second-order valence-electron chi connectivity index (χ2n) is 6.57. The largest absolute Gasteiger partial charge is 0.315 e. The molecule has 2 rings (SSSR count). The summed E-state index contributed by atoms with van der Waals surface area (Å²) in [5.41, 5.74) is 1.30. The first-order valence-corrected chi connectivity index (χ1v) is 8.86. The van der Waals surface area contributed by atoms with E-state index in [4.69, 9.17) is 0 Å². The first-order chi connectivity index (χ1) is 10.0. The molecule has 0 saturated carbocycles. The summed E-state index contributed by atoms with van der Waals surface area (Å²) in [5, 5.41) is 3.53. The van der Waals surface area contributed by atoms with Crippen molar-refractivity contribution < 1.29 is 0 Å². The van der Waals surface area contributed by atoms with Gasteiger partial charge in [0.1, 0.15) is 0 Å². The van der Waals surface area contributed by atoms with Gasteiger partial charge < -0.3 is 5.32 Å². The summed E-state index contributed by atoms with van der Waals surface area (Å²) in [5.74, 6) is 0. The normalized spacial score (nSPS) is 19.2. The number of hydrogen-bond acceptors (Lipinski definition) is 3. The van der Waals surface area contributed by atoms with Gasteiger partial charge in [0.15, 0.2) is 0 Å². The van der Waals surface area contributed by atoms with Crippen LogP contribution in [0.2, 0.25) is 0 Å². The molecular weight excluding hydrogens is 326 g/mol. The zero-order valence-electron chi connectivity index (χ0n) is 13.5. The third-order valence-corrected chi connectivity index (χ3v) is 5.29. The lowest BCUT2D eigenvalue weighted by Crippen LogP contribution is -2.58. The number of hydrogen-bond donors (Lipinski definition) is 1. The van der Waals surface area contributed by atoms with Crippen molar-refractivity contribution in [2.45, 2.75) is 57.5 Å². The third-order valence-electron chi connectivity index (χ3n) is 4.82. The Kier molecular flexibility index (Phi) is 6.20. The second-order valence-corrected chi connectivity index (χ2v) is 7.48. The molecule has 4 heteroatoms. The van der Waals surface area contributed by atoms with Crippen molar-refractivity contribution in [1.29, 1.82) is 0 Å². The summed E-state index contributed by atoms with van der Waals surface area (Å²) >= 11 is 3.45. The maximum absolute atomic E-state index is 4.54. The Balaban J connectivity index is 2.08. The maximum Gasteiger partial charge on any atom is 0.0420 e. The Labute approximate surface area is 137 Å². The summed E-state index contributed by atoms with van der Waals surface area (Å²) in [6, 6.07) is 4.60. The lowest BCUT2D eigenvalue weighted by Gasteiger charge is -2.44. The minimum absolute atomic E-state index is 0.147. The summed E-state index contributed by atoms with van der Waals surface area (Å²) in [6.45, 7) is 7.19. The van der Waals surface area contributed by atoms with Gasteiger partial charge in [-0.1, -0.05) is 12.8 Å². The van der Waals surface area contributed by atoms with E-state index in [1.807, 2.05) is 6.20 Å². The molecule has 1 N–H and O–H groups in total. The van der Waals surface area contributed by atoms with Crippen LogP contribution in [-0.4, -0.2) is 41.6 Å². The molecule has 1 atom stereocenters. The van der Waals surface area contributed by atoms with Gasteiger partial charge in [0.2, 0.25) is 0 Å². The highest BCUT2D eigenvalue weighted by Crippen LogP contribution is 2.25. The van der Waals surface area contributed by atoms with Gasteiger partial charge in [0.25, 0.3) is 0 Å². The highest BCUT2D eigenvalue weighted by atomic mass is 79.9. The minimum atomic E-state index is 0.147. The Morgan fingerprint density at radius 2 is 1.90 bits per heavy atom. The Bertz CT molecular complexity index is 422. The van der Waals surface area contributed by atoms with E-state index in [2.05, 4.69) is 64.2 Å². The molecule has 0 bridgehead atoms. The quantitative estimate of drug-likeness (QED) is 0.875. The van der Waals surface area contributed by atoms with Crippen LogP contribution in [0.3, 0.4) is 0 Å². The fourth-order valence-corrected chi connectivity index (χ4v) is 3.54. The Hall–Kier alpha value is -0.450. The first-order valence-electron chi connectivity index (χ1n) is 8.07. The lowest BCUT2D eigenvalue weighted by molar-refractivity contribution is 0.0861. The molecule has 1 saturated heterocycles. The summed E-state index contributed by atoms with van der Waals surface area (Å²) < 4.78 is 1.04. The van der Waals surface area contributed by atoms with Crippen molar-refractivity contribution >= 4 is 15.9 Å². The van der Waals surface area contributed by atoms with E-state index >= 15 is 0 Å². The van der Waals surface area contributed by atoms with Gasteiger partial charge in [-0.05, 0) is 74.9 Å². The number of aromatic nitrogens is 1. The molecule has 1 aliphatic heterocycles. The van der Waals surface area contributed by atoms with E-state index in [1.54, 1.807) is 0 Å². The molecule has 0 radical (unpaired) electrons. The molecule has 0 aromatic carbocycles. The van der Waals surface area contributed by atoms with Crippen molar-refractivity contribution in [1.82, 2.24) is 15.2 Å². The van der Waals surface area contributed by atoms with E-state index in [0.717, 1.165) is 16.6 Å². The van der Waals surface area contributed by atoms with Crippen molar-refractivity contribution in [3.63, 3.8) is 0 Å². The fraction of sp³-hybridized carbons (Fsp3) is 0.706. The molecule has 2 heterocycles. The lowest BCUT2D eigenvalue weighted by atomic mass is 9.88. The third kappa shape index (κ3) is 4.51. The van der Waals surface area contributed by atoms with Gasteiger partial charge in [-0.25, -0.2) is 0 Å². The molecule has 118 valence electrons. The molecule has 0 aliphatic carbocycles. The number of nitrogens with zero attached hydrogens (tertiary/aromatic N) is 2. The molecule has 1 fully saturated rings. The predicted octanol–water partition coefficient (Wildman–Crippen LogP) is 3.63. The zero-order valence-corrected chi connectivity index (χ0v) is 15.1. The second kappa shape index (κ2) is 7.70. The number of likely N-dealkylation sites (N-methyl/N-ethyl adjacent to an activating group) is 1. The van der Waals surface area contributed by atoms with E-state index in [-0.39, 0.29) is 5.54 Å². The molecule has 1 aliphatic rings. The van der Waals surface area contributed by atoms with Crippen molar-refractivity contribution in [3.05, 3.63) is 28.5 Å². The van der Waals surface area contributed by atoms with Crippen LogP contribution in [0.25, 0.3) is 0 Å². The number of halogens is 1. The van der Waals surface area contributed by atoms with Crippen LogP contribution in [0.1, 0.15) is 45.2 Å². The van der Waals surface area contributed by atoms with E-state index in [0.29, 0.717) is 6.04 Å². The summed E-state index contributed by atoms with van der Waals surface area (Å²) in [6.07, 6.45) is 8.27. The van der Waals surface area contributed by atoms with E-state index in [1.165, 1.54) is 38.8 Å². The zero-order chi connectivity index (χ0) is 15.3. The average molecular weight is 354 g/mol. The average Bonchev–Trinajstić information content (AvgIpc) is 2.76.